The molecule has 1 aliphatic rings. The molecule has 25 heavy (non-hydrogen) atoms. The molecule has 2 aromatic carbocycles. The number of ether oxygens (including phenoxy) is 1. The lowest BCUT2D eigenvalue weighted by Crippen LogP contribution is -2.40. The number of rotatable bonds is 5. The van der Waals surface area contributed by atoms with Gasteiger partial charge in [-0.25, -0.2) is 4.39 Å². The van der Waals surface area contributed by atoms with Gasteiger partial charge in [-0.1, -0.05) is 30.3 Å². The fourth-order valence-electron chi connectivity index (χ4n) is 3.07. The van der Waals surface area contributed by atoms with Crippen LogP contribution in [0.5, 0.6) is 5.75 Å². The van der Waals surface area contributed by atoms with Crippen molar-refractivity contribution in [1.82, 2.24) is 10.2 Å². The maximum atomic E-state index is 13.9. The second kappa shape index (κ2) is 7.55. The van der Waals surface area contributed by atoms with Crippen LogP contribution in [0.2, 0.25) is 0 Å². The first-order valence-electron chi connectivity index (χ1n) is 8.44. The van der Waals surface area contributed by atoms with E-state index in [4.69, 9.17) is 4.74 Å². The molecule has 1 aliphatic carbocycles. The summed E-state index contributed by atoms with van der Waals surface area (Å²) in [5, 5.41) is 3.44. The molecule has 132 valence electrons. The minimum absolute atomic E-state index is 0.127. The quantitative estimate of drug-likeness (QED) is 0.669. The molecular weight excluding hydrogens is 317 g/mol. The van der Waals surface area contributed by atoms with Gasteiger partial charge in [-0.2, -0.15) is 0 Å². The van der Waals surface area contributed by atoms with Crippen molar-refractivity contribution in [2.24, 2.45) is 4.99 Å². The number of aliphatic imine (C=N–C) groups is 1. The normalized spacial score (nSPS) is 19.4. The summed E-state index contributed by atoms with van der Waals surface area (Å²) in [5.41, 5.74) is 1.96. The van der Waals surface area contributed by atoms with Crippen molar-refractivity contribution in [3.8, 4) is 5.75 Å². The number of halogens is 1. The highest BCUT2D eigenvalue weighted by Gasteiger charge is 2.40. The molecule has 0 amide bonds. The molecular formula is C20H24FN3O. The highest BCUT2D eigenvalue weighted by atomic mass is 19.1. The second-order valence-corrected chi connectivity index (χ2v) is 6.37. The molecule has 4 nitrogen and oxygen atoms in total. The van der Waals surface area contributed by atoms with Crippen molar-refractivity contribution in [1.29, 1.82) is 0 Å². The Kier molecular flexibility index (Phi) is 5.22. The van der Waals surface area contributed by atoms with Crippen molar-refractivity contribution in [2.45, 2.75) is 24.9 Å². The Morgan fingerprint density at radius 2 is 1.96 bits per heavy atom. The molecule has 0 saturated heterocycles. The smallest absolute Gasteiger partial charge is 0.193 e. The Balaban J connectivity index is 1.58. The SMILES string of the molecule is CN=C(NC1CC1c1ccccc1F)N(C)Cc1ccc(OC)cc1. The molecule has 2 aromatic rings. The van der Waals surface area contributed by atoms with E-state index < -0.39 is 0 Å². The number of nitrogens with zero attached hydrogens (tertiary/aromatic N) is 2. The Labute approximate surface area is 148 Å². The molecule has 0 bridgehead atoms. The van der Waals surface area contributed by atoms with Gasteiger partial charge in [0, 0.05) is 32.6 Å². The summed E-state index contributed by atoms with van der Waals surface area (Å²) in [6, 6.07) is 15.2. The predicted octanol–water partition coefficient (Wildman–Crippen LogP) is 3.40. The number of hydrogen-bond acceptors (Lipinski definition) is 2. The van der Waals surface area contributed by atoms with Gasteiger partial charge in [-0.3, -0.25) is 4.99 Å². The zero-order chi connectivity index (χ0) is 17.8. The van der Waals surface area contributed by atoms with Crippen LogP contribution < -0.4 is 10.1 Å². The van der Waals surface area contributed by atoms with Crippen LogP contribution in [-0.4, -0.2) is 38.1 Å². The molecule has 1 N–H and O–H groups in total. The fourth-order valence-corrected chi connectivity index (χ4v) is 3.07. The van der Waals surface area contributed by atoms with Crippen LogP contribution >= 0.6 is 0 Å². The van der Waals surface area contributed by atoms with Crippen molar-refractivity contribution in [3.63, 3.8) is 0 Å². The van der Waals surface area contributed by atoms with E-state index in [0.717, 1.165) is 30.2 Å². The topological polar surface area (TPSA) is 36.9 Å². The molecule has 3 rings (SSSR count). The summed E-state index contributed by atoms with van der Waals surface area (Å²) in [5.74, 6) is 1.75. The molecule has 1 saturated carbocycles. The minimum Gasteiger partial charge on any atom is -0.497 e. The number of guanidine groups is 1. The van der Waals surface area contributed by atoms with Crippen LogP contribution in [0.4, 0.5) is 4.39 Å². The number of hydrogen-bond donors (Lipinski definition) is 1. The summed E-state index contributed by atoms with van der Waals surface area (Å²) in [6.45, 7) is 0.737. The Morgan fingerprint density at radius 1 is 1.24 bits per heavy atom. The number of methoxy groups -OCH3 is 1. The first-order valence-corrected chi connectivity index (χ1v) is 8.44. The molecule has 2 atom stereocenters. The van der Waals surface area contributed by atoms with Gasteiger partial charge < -0.3 is 15.0 Å². The van der Waals surface area contributed by atoms with Gasteiger partial charge in [-0.05, 0) is 35.7 Å². The Hall–Kier alpha value is -2.56. The summed E-state index contributed by atoms with van der Waals surface area (Å²) in [7, 11) is 5.43. The van der Waals surface area contributed by atoms with Crippen LogP contribution in [0, 0.1) is 5.82 Å². The average molecular weight is 341 g/mol. The first kappa shape index (κ1) is 17.3. The van der Waals surface area contributed by atoms with E-state index in [1.54, 1.807) is 20.2 Å². The monoisotopic (exact) mass is 341 g/mol. The Morgan fingerprint density at radius 3 is 2.60 bits per heavy atom. The lowest BCUT2D eigenvalue weighted by Gasteiger charge is -2.22. The van der Waals surface area contributed by atoms with Crippen molar-refractivity contribution in [3.05, 3.63) is 65.5 Å². The van der Waals surface area contributed by atoms with Crippen LogP contribution in [0.3, 0.4) is 0 Å². The zero-order valence-electron chi connectivity index (χ0n) is 14.9. The summed E-state index contributed by atoms with van der Waals surface area (Å²) in [4.78, 5) is 6.43. The maximum Gasteiger partial charge on any atom is 0.193 e. The molecule has 1 fully saturated rings. The largest absolute Gasteiger partial charge is 0.497 e. The summed E-state index contributed by atoms with van der Waals surface area (Å²) < 4.78 is 19.1. The van der Waals surface area contributed by atoms with Crippen LogP contribution in [0.15, 0.2) is 53.5 Å². The third-order valence-electron chi connectivity index (χ3n) is 4.56. The standard InChI is InChI=1S/C20H24FN3O/c1-22-20(24(2)13-14-8-10-15(25-3)11-9-14)23-19-12-17(19)16-6-4-5-7-18(16)21/h4-11,17,19H,12-13H2,1-3H3,(H,22,23). The molecule has 2 unspecified atom stereocenters. The average Bonchev–Trinajstić information content (AvgIpc) is 3.39. The van der Waals surface area contributed by atoms with Gasteiger partial charge in [-0.15, -0.1) is 0 Å². The molecule has 0 aliphatic heterocycles. The van der Waals surface area contributed by atoms with Gasteiger partial charge in [0.25, 0.3) is 0 Å². The van der Waals surface area contributed by atoms with Crippen molar-refractivity contribution in [2.75, 3.05) is 21.2 Å². The number of nitrogens with one attached hydrogen (secondary N) is 1. The van der Waals surface area contributed by atoms with Gasteiger partial charge >= 0.3 is 0 Å². The van der Waals surface area contributed by atoms with E-state index in [0.29, 0.717) is 0 Å². The van der Waals surface area contributed by atoms with Gasteiger partial charge in [0.05, 0.1) is 7.11 Å². The van der Waals surface area contributed by atoms with Crippen LogP contribution in [0.1, 0.15) is 23.5 Å². The lowest BCUT2D eigenvalue weighted by atomic mass is 10.1. The van der Waals surface area contributed by atoms with E-state index >= 15 is 0 Å². The van der Waals surface area contributed by atoms with Gasteiger partial charge in [0.2, 0.25) is 0 Å². The minimum atomic E-state index is -0.127. The first-order chi connectivity index (χ1) is 12.1. The maximum absolute atomic E-state index is 13.9. The predicted molar refractivity (Wildman–Crippen MR) is 98.5 cm³/mol. The number of benzene rings is 2. The molecule has 5 heteroatoms. The second-order valence-electron chi connectivity index (χ2n) is 6.37. The third-order valence-corrected chi connectivity index (χ3v) is 4.56. The van der Waals surface area contributed by atoms with Gasteiger partial charge in [0.1, 0.15) is 11.6 Å². The van der Waals surface area contributed by atoms with E-state index in [-0.39, 0.29) is 17.8 Å². The zero-order valence-corrected chi connectivity index (χ0v) is 14.9. The molecule has 0 radical (unpaired) electrons. The highest BCUT2D eigenvalue weighted by Crippen LogP contribution is 2.41. The van der Waals surface area contributed by atoms with Crippen LogP contribution in [0.25, 0.3) is 0 Å². The third kappa shape index (κ3) is 4.10. The molecule has 0 aromatic heterocycles. The highest BCUT2D eigenvalue weighted by molar-refractivity contribution is 5.80. The van der Waals surface area contributed by atoms with E-state index in [1.165, 1.54) is 11.6 Å². The lowest BCUT2D eigenvalue weighted by molar-refractivity contribution is 0.414. The summed E-state index contributed by atoms with van der Waals surface area (Å²) in [6.07, 6.45) is 0.927. The van der Waals surface area contributed by atoms with Crippen molar-refractivity contribution >= 4 is 5.96 Å². The molecule has 0 heterocycles. The van der Waals surface area contributed by atoms with E-state index in [9.17, 15) is 4.39 Å². The Bertz CT molecular complexity index is 745. The van der Waals surface area contributed by atoms with Crippen LogP contribution in [-0.2, 0) is 6.54 Å². The van der Waals surface area contributed by atoms with Crippen molar-refractivity contribution < 1.29 is 9.13 Å². The van der Waals surface area contributed by atoms with E-state index in [1.807, 2.05) is 43.4 Å². The van der Waals surface area contributed by atoms with Gasteiger partial charge in [0.15, 0.2) is 5.96 Å². The summed E-state index contributed by atoms with van der Waals surface area (Å²) >= 11 is 0. The molecule has 0 spiro atoms. The van der Waals surface area contributed by atoms with E-state index in [2.05, 4.69) is 15.2 Å². The fraction of sp³-hybridized carbons (Fsp3) is 0.350.